The molecule has 0 aliphatic heterocycles. The van der Waals surface area contributed by atoms with E-state index in [2.05, 4.69) is 73.9 Å². The second-order valence-corrected chi connectivity index (χ2v) is 6.35. The molecule has 21 heavy (non-hydrogen) atoms. The first-order valence-corrected chi connectivity index (χ1v) is 7.70. The summed E-state index contributed by atoms with van der Waals surface area (Å²) in [4.78, 5) is 7.12. The number of hydrogen-bond acceptors (Lipinski definition) is 3. The Labute approximate surface area is 128 Å². The van der Waals surface area contributed by atoms with E-state index in [4.69, 9.17) is 4.98 Å². The monoisotopic (exact) mass is 288 g/mol. The van der Waals surface area contributed by atoms with Crippen molar-refractivity contribution >= 4 is 11.0 Å². The summed E-state index contributed by atoms with van der Waals surface area (Å²) in [5, 5.41) is 3.47. The number of rotatable bonds is 6. The first-order chi connectivity index (χ1) is 9.91. The molecule has 0 spiro atoms. The molecule has 116 valence electrons. The van der Waals surface area contributed by atoms with Gasteiger partial charge in [-0.05, 0) is 54.0 Å². The van der Waals surface area contributed by atoms with Crippen LogP contribution in [0, 0.1) is 0 Å². The third kappa shape index (κ3) is 2.97. The van der Waals surface area contributed by atoms with Gasteiger partial charge in [0.05, 0.1) is 11.0 Å². The molecule has 0 saturated heterocycles. The molecule has 0 amide bonds. The summed E-state index contributed by atoms with van der Waals surface area (Å²) in [6, 6.07) is 8.73. The first-order valence-electron chi connectivity index (χ1n) is 7.70. The van der Waals surface area contributed by atoms with Gasteiger partial charge in [-0.15, -0.1) is 0 Å². The van der Waals surface area contributed by atoms with Gasteiger partial charge in [0.15, 0.2) is 0 Å². The van der Waals surface area contributed by atoms with E-state index >= 15 is 0 Å². The number of fused-ring (bicyclic) bond motifs is 1. The van der Waals surface area contributed by atoms with Gasteiger partial charge in [0, 0.05) is 24.5 Å². The molecule has 0 aliphatic rings. The summed E-state index contributed by atoms with van der Waals surface area (Å²) >= 11 is 0. The van der Waals surface area contributed by atoms with E-state index < -0.39 is 0 Å². The predicted octanol–water partition coefficient (Wildman–Crippen LogP) is 2.53. The summed E-state index contributed by atoms with van der Waals surface area (Å²) in [5.41, 5.74) is 2.38. The van der Waals surface area contributed by atoms with Crippen LogP contribution >= 0.6 is 0 Å². The van der Waals surface area contributed by atoms with Crippen molar-refractivity contribution in [2.45, 2.75) is 45.3 Å². The number of aryl methyl sites for hydroxylation is 1. The number of benzene rings is 1. The van der Waals surface area contributed by atoms with Crippen molar-refractivity contribution in [2.24, 2.45) is 0 Å². The van der Waals surface area contributed by atoms with Crippen molar-refractivity contribution in [3.05, 3.63) is 30.1 Å². The van der Waals surface area contributed by atoms with E-state index in [9.17, 15) is 0 Å². The molecule has 1 aromatic heterocycles. The lowest BCUT2D eigenvalue weighted by Crippen LogP contribution is -2.55. The van der Waals surface area contributed by atoms with Crippen LogP contribution in [0.15, 0.2) is 24.3 Å². The molecule has 0 fully saturated rings. The molecule has 1 N–H and O–H groups in total. The van der Waals surface area contributed by atoms with Crippen LogP contribution in [-0.4, -0.2) is 47.2 Å². The standard InChI is InChI=1S/C17H28N4/c1-7-21-14-11-9-8-10-13(14)19-16(21)12-15(18-4)17(2,3)20(5)6/h8-11,15,18H,7,12H2,1-6H3. The molecule has 1 atom stereocenters. The Morgan fingerprint density at radius 3 is 2.52 bits per heavy atom. The molecule has 1 aromatic carbocycles. The van der Waals surface area contributed by atoms with Crippen LogP contribution in [-0.2, 0) is 13.0 Å². The highest BCUT2D eigenvalue weighted by Gasteiger charge is 2.31. The normalized spacial score (nSPS) is 14.0. The molecule has 4 nitrogen and oxygen atoms in total. The van der Waals surface area contributed by atoms with E-state index in [0.29, 0.717) is 6.04 Å². The lowest BCUT2D eigenvalue weighted by Gasteiger charge is -2.40. The number of hydrogen-bond donors (Lipinski definition) is 1. The molecule has 2 aromatic rings. The fraction of sp³-hybridized carbons (Fsp3) is 0.588. The second-order valence-electron chi connectivity index (χ2n) is 6.35. The third-order valence-corrected chi connectivity index (χ3v) is 4.79. The van der Waals surface area contributed by atoms with Crippen LogP contribution in [0.2, 0.25) is 0 Å². The van der Waals surface area contributed by atoms with Gasteiger partial charge in [-0.3, -0.25) is 0 Å². The van der Waals surface area contributed by atoms with Gasteiger partial charge in [-0.25, -0.2) is 4.98 Å². The van der Waals surface area contributed by atoms with Crippen LogP contribution in [0.5, 0.6) is 0 Å². The van der Waals surface area contributed by atoms with E-state index in [1.54, 1.807) is 0 Å². The summed E-state index contributed by atoms with van der Waals surface area (Å²) in [6.45, 7) is 7.68. The second kappa shape index (κ2) is 6.16. The molecule has 0 aliphatic carbocycles. The number of para-hydroxylation sites is 2. The Morgan fingerprint density at radius 2 is 1.95 bits per heavy atom. The summed E-state index contributed by atoms with van der Waals surface area (Å²) in [7, 11) is 6.30. The van der Waals surface area contributed by atoms with Crippen molar-refractivity contribution in [3.8, 4) is 0 Å². The number of nitrogens with one attached hydrogen (secondary N) is 1. The highest BCUT2D eigenvalue weighted by Crippen LogP contribution is 2.22. The molecule has 4 heteroatoms. The van der Waals surface area contributed by atoms with E-state index in [-0.39, 0.29) is 5.54 Å². The molecule has 0 saturated carbocycles. The number of nitrogens with zero attached hydrogens (tertiary/aromatic N) is 3. The Balaban J connectivity index is 2.38. The first kappa shape index (κ1) is 16.0. The Morgan fingerprint density at radius 1 is 1.29 bits per heavy atom. The van der Waals surface area contributed by atoms with Crippen molar-refractivity contribution in [3.63, 3.8) is 0 Å². The van der Waals surface area contributed by atoms with E-state index in [1.165, 1.54) is 5.52 Å². The van der Waals surface area contributed by atoms with Gasteiger partial charge < -0.3 is 14.8 Å². The van der Waals surface area contributed by atoms with Crippen LogP contribution in [0.1, 0.15) is 26.6 Å². The van der Waals surface area contributed by atoms with Gasteiger partial charge in [0.2, 0.25) is 0 Å². The molecular weight excluding hydrogens is 260 g/mol. The molecule has 0 radical (unpaired) electrons. The maximum Gasteiger partial charge on any atom is 0.111 e. The average molecular weight is 288 g/mol. The Kier molecular flexibility index (Phi) is 4.69. The Bertz CT molecular complexity index is 598. The van der Waals surface area contributed by atoms with Gasteiger partial charge in [0.1, 0.15) is 5.82 Å². The van der Waals surface area contributed by atoms with Gasteiger partial charge in [-0.1, -0.05) is 12.1 Å². The minimum atomic E-state index is 0.0610. The van der Waals surface area contributed by atoms with Gasteiger partial charge in [0.25, 0.3) is 0 Å². The summed E-state index contributed by atoms with van der Waals surface area (Å²) in [5.74, 6) is 1.16. The highest BCUT2D eigenvalue weighted by atomic mass is 15.2. The largest absolute Gasteiger partial charge is 0.328 e. The van der Waals surface area contributed by atoms with Crippen molar-refractivity contribution in [2.75, 3.05) is 21.1 Å². The van der Waals surface area contributed by atoms with Gasteiger partial charge in [-0.2, -0.15) is 0 Å². The SMILES string of the molecule is CCn1c(CC(NC)C(C)(C)N(C)C)nc2ccccc21. The van der Waals surface area contributed by atoms with E-state index in [0.717, 1.165) is 24.3 Å². The zero-order chi connectivity index (χ0) is 15.6. The highest BCUT2D eigenvalue weighted by molar-refractivity contribution is 5.75. The predicted molar refractivity (Wildman–Crippen MR) is 89.7 cm³/mol. The third-order valence-electron chi connectivity index (χ3n) is 4.79. The number of aromatic nitrogens is 2. The zero-order valence-corrected chi connectivity index (χ0v) is 14.1. The molecular formula is C17H28N4. The molecule has 2 rings (SSSR count). The topological polar surface area (TPSA) is 33.1 Å². The van der Waals surface area contributed by atoms with Crippen molar-refractivity contribution in [1.82, 2.24) is 19.8 Å². The van der Waals surface area contributed by atoms with Crippen molar-refractivity contribution < 1.29 is 0 Å². The zero-order valence-electron chi connectivity index (χ0n) is 14.1. The maximum absolute atomic E-state index is 4.85. The van der Waals surface area contributed by atoms with Crippen LogP contribution in [0.4, 0.5) is 0 Å². The minimum Gasteiger partial charge on any atom is -0.328 e. The van der Waals surface area contributed by atoms with E-state index in [1.807, 2.05) is 7.05 Å². The van der Waals surface area contributed by atoms with Gasteiger partial charge >= 0.3 is 0 Å². The number of likely N-dealkylation sites (N-methyl/N-ethyl adjacent to an activating group) is 2. The van der Waals surface area contributed by atoms with Crippen LogP contribution in [0.25, 0.3) is 11.0 Å². The molecule has 1 unspecified atom stereocenters. The smallest absolute Gasteiger partial charge is 0.111 e. The van der Waals surface area contributed by atoms with Crippen LogP contribution < -0.4 is 5.32 Å². The molecule has 0 bridgehead atoms. The fourth-order valence-electron chi connectivity index (χ4n) is 2.83. The lowest BCUT2D eigenvalue weighted by atomic mass is 9.90. The summed E-state index contributed by atoms with van der Waals surface area (Å²) < 4.78 is 2.32. The Hall–Kier alpha value is -1.39. The van der Waals surface area contributed by atoms with Crippen molar-refractivity contribution in [1.29, 1.82) is 0 Å². The number of imidazole rings is 1. The van der Waals surface area contributed by atoms with Crippen LogP contribution in [0.3, 0.4) is 0 Å². The minimum absolute atomic E-state index is 0.0610. The molecule has 1 heterocycles. The lowest BCUT2D eigenvalue weighted by molar-refractivity contribution is 0.140. The quantitative estimate of drug-likeness (QED) is 0.886. The average Bonchev–Trinajstić information content (AvgIpc) is 2.81. The summed E-state index contributed by atoms with van der Waals surface area (Å²) in [6.07, 6.45) is 0.921. The maximum atomic E-state index is 4.85. The fourth-order valence-corrected chi connectivity index (χ4v) is 2.83.